The highest BCUT2D eigenvalue weighted by atomic mass is 79.9. The van der Waals surface area contributed by atoms with E-state index in [0.29, 0.717) is 29.5 Å². The highest BCUT2D eigenvalue weighted by molar-refractivity contribution is 9.10. The van der Waals surface area contributed by atoms with Crippen molar-refractivity contribution in [3.05, 3.63) is 64.8 Å². The van der Waals surface area contributed by atoms with Crippen LogP contribution < -0.4 is 4.74 Å². The number of aromatic nitrogens is 4. The van der Waals surface area contributed by atoms with E-state index in [2.05, 4.69) is 35.9 Å². The lowest BCUT2D eigenvalue weighted by molar-refractivity contribution is 0.0262. The van der Waals surface area contributed by atoms with Gasteiger partial charge in [0.2, 0.25) is 5.88 Å². The lowest BCUT2D eigenvalue weighted by atomic mass is 9.98. The van der Waals surface area contributed by atoms with Crippen molar-refractivity contribution < 1.29 is 9.53 Å². The number of amides is 1. The summed E-state index contributed by atoms with van der Waals surface area (Å²) in [5.41, 5.74) is 1.95. The first kappa shape index (κ1) is 20.4. The van der Waals surface area contributed by atoms with Gasteiger partial charge in [-0.3, -0.25) is 9.78 Å². The van der Waals surface area contributed by atoms with Gasteiger partial charge in [-0.15, -0.1) is 0 Å². The average Bonchev–Trinajstić information content (AvgIpc) is 2.77. The van der Waals surface area contributed by atoms with Crippen LogP contribution in [0, 0.1) is 6.92 Å². The van der Waals surface area contributed by atoms with Crippen LogP contribution in [0.15, 0.2) is 53.5 Å². The van der Waals surface area contributed by atoms with E-state index >= 15 is 0 Å². The highest BCUT2D eigenvalue weighted by Gasteiger charge is 2.35. The Morgan fingerprint density at radius 1 is 1.17 bits per heavy atom. The monoisotopic (exact) mass is 467 g/mol. The maximum atomic E-state index is 13.5. The summed E-state index contributed by atoms with van der Waals surface area (Å²) in [6, 6.07) is 7.25. The minimum atomic E-state index is -0.141. The lowest BCUT2D eigenvalue weighted by Gasteiger charge is -2.39. The first-order valence-electron chi connectivity index (χ1n) is 9.86. The first-order chi connectivity index (χ1) is 14.5. The molecular formula is C22H22BrN5O2. The van der Waals surface area contributed by atoms with Gasteiger partial charge < -0.3 is 9.64 Å². The average molecular weight is 468 g/mol. The van der Waals surface area contributed by atoms with Gasteiger partial charge in [-0.1, -0.05) is 0 Å². The molecule has 30 heavy (non-hydrogen) atoms. The molecule has 0 N–H and O–H groups in total. The Balaban J connectivity index is 1.59. The van der Waals surface area contributed by atoms with Crippen LogP contribution in [0.5, 0.6) is 5.88 Å². The third kappa shape index (κ3) is 4.33. The highest BCUT2D eigenvalue weighted by Crippen LogP contribution is 2.27. The number of hydrogen-bond donors (Lipinski definition) is 0. The largest absolute Gasteiger partial charge is 0.472 e. The number of rotatable bonds is 4. The zero-order valence-corrected chi connectivity index (χ0v) is 18.4. The summed E-state index contributed by atoms with van der Waals surface area (Å²) in [5.74, 6) is 0.909. The van der Waals surface area contributed by atoms with Gasteiger partial charge in [0.05, 0.1) is 11.6 Å². The zero-order chi connectivity index (χ0) is 21.1. The summed E-state index contributed by atoms with van der Waals surface area (Å²) in [4.78, 5) is 32.7. The topological polar surface area (TPSA) is 81.1 Å². The molecule has 4 rings (SSSR count). The molecular weight excluding hydrogens is 446 g/mol. The van der Waals surface area contributed by atoms with Crippen LogP contribution in [0.1, 0.15) is 35.8 Å². The molecule has 3 aromatic heterocycles. The molecule has 0 spiro atoms. The van der Waals surface area contributed by atoms with Gasteiger partial charge in [-0.25, -0.2) is 15.0 Å². The van der Waals surface area contributed by atoms with Crippen molar-refractivity contribution in [3.63, 3.8) is 0 Å². The van der Waals surface area contributed by atoms with Crippen molar-refractivity contribution in [2.45, 2.75) is 38.8 Å². The molecule has 1 fully saturated rings. The smallest absolute Gasteiger partial charge is 0.273 e. The molecule has 4 heterocycles. The van der Waals surface area contributed by atoms with Crippen molar-refractivity contribution in [1.29, 1.82) is 0 Å². The van der Waals surface area contributed by atoms with E-state index in [0.717, 1.165) is 22.9 Å². The number of hydrogen-bond acceptors (Lipinski definition) is 6. The van der Waals surface area contributed by atoms with Crippen LogP contribution in [-0.2, 0) is 0 Å². The number of aryl methyl sites for hydroxylation is 1. The zero-order valence-electron chi connectivity index (χ0n) is 16.8. The Kier molecular flexibility index (Phi) is 6.03. The van der Waals surface area contributed by atoms with Crippen molar-refractivity contribution in [3.8, 4) is 17.3 Å². The van der Waals surface area contributed by atoms with Gasteiger partial charge in [0.1, 0.15) is 11.8 Å². The van der Waals surface area contributed by atoms with Gasteiger partial charge in [-0.2, -0.15) is 0 Å². The second-order valence-corrected chi connectivity index (χ2v) is 8.25. The fourth-order valence-corrected chi connectivity index (χ4v) is 3.86. The number of ether oxygens (including phenoxy) is 1. The summed E-state index contributed by atoms with van der Waals surface area (Å²) in [6.45, 7) is 4.60. The Morgan fingerprint density at radius 2 is 1.97 bits per heavy atom. The molecule has 154 valence electrons. The number of pyridine rings is 2. The van der Waals surface area contributed by atoms with Crippen molar-refractivity contribution in [2.75, 3.05) is 6.54 Å². The molecule has 0 aliphatic carbocycles. The summed E-state index contributed by atoms with van der Waals surface area (Å²) in [5, 5.41) is 0. The van der Waals surface area contributed by atoms with Gasteiger partial charge in [-0.05, 0) is 66.4 Å². The molecule has 7 nitrogen and oxygen atoms in total. The van der Waals surface area contributed by atoms with Crippen LogP contribution >= 0.6 is 15.9 Å². The second-order valence-electron chi connectivity index (χ2n) is 7.33. The number of halogens is 1. The lowest BCUT2D eigenvalue weighted by Crippen LogP contribution is -2.51. The van der Waals surface area contributed by atoms with Crippen molar-refractivity contribution >= 4 is 21.8 Å². The number of carbonyl (C=O) groups excluding carboxylic acids is 1. The SMILES string of the molecule is Cc1cnc(C(=O)N2CCCC(Oc3ccc(Br)cn3)C2C)c(-c2ncccn2)c1. The molecule has 1 aliphatic rings. The Morgan fingerprint density at radius 3 is 2.70 bits per heavy atom. The van der Waals surface area contributed by atoms with E-state index in [1.807, 2.05) is 36.9 Å². The molecule has 0 radical (unpaired) electrons. The number of nitrogens with zero attached hydrogens (tertiary/aromatic N) is 5. The van der Waals surface area contributed by atoms with Gasteiger partial charge in [0.15, 0.2) is 5.82 Å². The van der Waals surface area contributed by atoms with E-state index in [9.17, 15) is 4.79 Å². The van der Waals surface area contributed by atoms with Gasteiger partial charge >= 0.3 is 0 Å². The predicted molar refractivity (Wildman–Crippen MR) is 116 cm³/mol. The molecule has 1 aliphatic heterocycles. The fraction of sp³-hybridized carbons (Fsp3) is 0.318. The fourth-order valence-electron chi connectivity index (χ4n) is 3.62. The van der Waals surface area contributed by atoms with Crippen molar-refractivity contribution in [1.82, 2.24) is 24.8 Å². The van der Waals surface area contributed by atoms with Crippen LogP contribution in [0.4, 0.5) is 0 Å². The van der Waals surface area contributed by atoms with E-state index < -0.39 is 0 Å². The van der Waals surface area contributed by atoms with E-state index in [1.54, 1.807) is 30.9 Å². The van der Waals surface area contributed by atoms with E-state index in [1.165, 1.54) is 0 Å². The summed E-state index contributed by atoms with van der Waals surface area (Å²) in [7, 11) is 0. The maximum Gasteiger partial charge on any atom is 0.273 e. The summed E-state index contributed by atoms with van der Waals surface area (Å²) >= 11 is 3.38. The van der Waals surface area contributed by atoms with Crippen molar-refractivity contribution in [2.24, 2.45) is 0 Å². The van der Waals surface area contributed by atoms with Crippen LogP contribution in [0.25, 0.3) is 11.4 Å². The summed E-state index contributed by atoms with van der Waals surface area (Å²) < 4.78 is 6.99. The molecule has 0 saturated carbocycles. The number of likely N-dealkylation sites (tertiary alicyclic amines) is 1. The third-order valence-corrected chi connectivity index (χ3v) is 5.65. The second kappa shape index (κ2) is 8.87. The molecule has 1 amide bonds. The van der Waals surface area contributed by atoms with Crippen LogP contribution in [0.2, 0.25) is 0 Å². The normalized spacial score (nSPS) is 18.8. The van der Waals surface area contributed by atoms with Crippen LogP contribution in [0.3, 0.4) is 0 Å². The van der Waals surface area contributed by atoms with E-state index in [-0.39, 0.29) is 18.1 Å². The number of carbonyl (C=O) groups is 1. The Bertz CT molecular complexity index is 1030. The predicted octanol–water partition coefficient (Wildman–Crippen LogP) is 4.08. The maximum absolute atomic E-state index is 13.5. The van der Waals surface area contributed by atoms with Gasteiger partial charge in [0.25, 0.3) is 5.91 Å². The third-order valence-electron chi connectivity index (χ3n) is 5.18. The van der Waals surface area contributed by atoms with Crippen LogP contribution in [-0.4, -0.2) is 49.4 Å². The molecule has 0 aromatic carbocycles. The molecule has 2 atom stereocenters. The van der Waals surface area contributed by atoms with Gasteiger partial charge in [0, 0.05) is 41.9 Å². The standard InChI is InChI=1S/C22H22BrN5O2/c1-14-11-17(21-24-8-4-9-25-21)20(27-12-14)22(29)28-10-3-5-18(15(28)2)30-19-7-6-16(23)13-26-19/h4,6-9,11-13,15,18H,3,5,10H2,1-2H3. The summed E-state index contributed by atoms with van der Waals surface area (Å²) in [6.07, 6.45) is 8.30. The Labute approximate surface area is 183 Å². The first-order valence-corrected chi connectivity index (χ1v) is 10.7. The molecule has 2 unspecified atom stereocenters. The molecule has 1 saturated heterocycles. The molecule has 8 heteroatoms. The molecule has 0 bridgehead atoms. The minimum absolute atomic E-state index is 0.121. The minimum Gasteiger partial charge on any atom is -0.472 e. The quantitative estimate of drug-likeness (QED) is 0.574. The number of piperidine rings is 1. The Hall–Kier alpha value is -2.87. The van der Waals surface area contributed by atoms with E-state index in [4.69, 9.17) is 4.74 Å². The molecule has 3 aromatic rings.